The molecule has 2 aromatic rings. The van der Waals surface area contributed by atoms with Crippen LogP contribution in [0, 0.1) is 0 Å². The van der Waals surface area contributed by atoms with Crippen molar-refractivity contribution in [1.82, 2.24) is 0 Å². The number of nitrogens with zero attached hydrogens (tertiary/aromatic N) is 1. The molecule has 2 rings (SSSR count). The van der Waals surface area contributed by atoms with Gasteiger partial charge in [0.2, 0.25) is 0 Å². The smallest absolute Gasteiger partial charge is 0.144 e. The molecule has 0 aromatic heterocycles. The van der Waals surface area contributed by atoms with Crippen LogP contribution in [-0.2, 0) is 0 Å². The van der Waals surface area contributed by atoms with E-state index in [1.807, 2.05) is 0 Å². The number of rotatable bonds is 4. The summed E-state index contributed by atoms with van der Waals surface area (Å²) >= 11 is 5.89. The maximum absolute atomic E-state index is 9.73. The number of hydrogen-bond donors (Lipinski definition) is 1. The summed E-state index contributed by atoms with van der Waals surface area (Å²) in [6.45, 7) is 0. The SMILES string of the molecule is COc1ccc(OC)c(N=Cc2cc(Cl)ccc2O)c1. The number of halogens is 1. The molecule has 0 aliphatic heterocycles. The van der Waals surface area contributed by atoms with E-state index < -0.39 is 0 Å². The van der Waals surface area contributed by atoms with E-state index in [2.05, 4.69) is 4.99 Å². The van der Waals surface area contributed by atoms with Gasteiger partial charge in [-0.1, -0.05) is 11.6 Å². The minimum Gasteiger partial charge on any atom is -0.507 e. The molecule has 20 heavy (non-hydrogen) atoms. The summed E-state index contributed by atoms with van der Waals surface area (Å²) in [6, 6.07) is 10.1. The van der Waals surface area contributed by atoms with Crippen LogP contribution in [0.5, 0.6) is 17.2 Å². The number of ether oxygens (including phenoxy) is 2. The van der Waals surface area contributed by atoms with Crippen molar-refractivity contribution in [2.45, 2.75) is 0 Å². The number of benzene rings is 2. The zero-order valence-corrected chi connectivity index (χ0v) is 11.9. The first kappa shape index (κ1) is 14.2. The lowest BCUT2D eigenvalue weighted by Crippen LogP contribution is -1.87. The molecule has 0 spiro atoms. The third-order valence-corrected chi connectivity index (χ3v) is 2.95. The third-order valence-electron chi connectivity index (χ3n) is 2.72. The summed E-state index contributed by atoms with van der Waals surface area (Å²) in [4.78, 5) is 4.31. The summed E-state index contributed by atoms with van der Waals surface area (Å²) < 4.78 is 10.4. The first-order valence-electron chi connectivity index (χ1n) is 5.88. The van der Waals surface area contributed by atoms with Crippen LogP contribution in [-0.4, -0.2) is 25.5 Å². The summed E-state index contributed by atoms with van der Waals surface area (Å²) in [5, 5.41) is 10.3. The lowest BCUT2D eigenvalue weighted by atomic mass is 10.2. The van der Waals surface area contributed by atoms with Gasteiger partial charge >= 0.3 is 0 Å². The molecule has 0 unspecified atom stereocenters. The number of phenols is 1. The van der Waals surface area contributed by atoms with Gasteiger partial charge in [-0.15, -0.1) is 0 Å². The summed E-state index contributed by atoms with van der Waals surface area (Å²) in [5.41, 5.74) is 1.13. The molecule has 0 radical (unpaired) electrons. The Hall–Kier alpha value is -2.20. The minimum atomic E-state index is 0.111. The van der Waals surface area contributed by atoms with Gasteiger partial charge in [0.05, 0.1) is 14.2 Å². The van der Waals surface area contributed by atoms with Crippen molar-refractivity contribution in [3.05, 3.63) is 47.0 Å². The van der Waals surface area contributed by atoms with Crippen molar-refractivity contribution in [3.63, 3.8) is 0 Å². The maximum atomic E-state index is 9.73. The monoisotopic (exact) mass is 291 g/mol. The van der Waals surface area contributed by atoms with Crippen LogP contribution < -0.4 is 9.47 Å². The highest BCUT2D eigenvalue weighted by Crippen LogP contribution is 2.31. The molecule has 0 saturated carbocycles. The Kier molecular flexibility index (Phi) is 4.48. The van der Waals surface area contributed by atoms with Crippen LogP contribution in [0.3, 0.4) is 0 Å². The van der Waals surface area contributed by atoms with Crippen LogP contribution >= 0.6 is 11.6 Å². The van der Waals surface area contributed by atoms with Crippen LogP contribution in [0.2, 0.25) is 5.02 Å². The van der Waals surface area contributed by atoms with Crippen molar-refractivity contribution in [3.8, 4) is 17.2 Å². The summed E-state index contributed by atoms with van der Waals surface area (Å²) in [5.74, 6) is 1.40. The van der Waals surface area contributed by atoms with Crippen molar-refractivity contribution in [1.29, 1.82) is 0 Å². The van der Waals surface area contributed by atoms with E-state index in [1.165, 1.54) is 12.3 Å². The molecule has 1 N–H and O–H groups in total. The molecule has 0 aliphatic rings. The second-order valence-corrected chi connectivity index (χ2v) is 4.44. The predicted octanol–water partition coefficient (Wildman–Crippen LogP) is 3.81. The molecule has 0 atom stereocenters. The molecular weight excluding hydrogens is 278 g/mol. The standard InChI is InChI=1S/C15H14ClNO3/c1-19-12-4-6-15(20-2)13(8-12)17-9-10-7-11(16)3-5-14(10)18/h3-9,18H,1-2H3. The average molecular weight is 292 g/mol. The Balaban J connectivity index is 2.37. The van der Waals surface area contributed by atoms with E-state index in [1.54, 1.807) is 44.6 Å². The maximum Gasteiger partial charge on any atom is 0.144 e. The topological polar surface area (TPSA) is 51.0 Å². The van der Waals surface area contributed by atoms with Gasteiger partial charge in [-0.25, -0.2) is 0 Å². The Bertz CT molecular complexity index is 641. The van der Waals surface area contributed by atoms with Crippen molar-refractivity contribution in [2.75, 3.05) is 14.2 Å². The van der Waals surface area contributed by atoms with Gasteiger partial charge in [0.1, 0.15) is 22.9 Å². The van der Waals surface area contributed by atoms with Gasteiger partial charge < -0.3 is 14.6 Å². The zero-order chi connectivity index (χ0) is 14.5. The quantitative estimate of drug-likeness (QED) is 0.871. The van der Waals surface area contributed by atoms with E-state index in [0.717, 1.165) is 0 Å². The Morgan fingerprint density at radius 1 is 1.10 bits per heavy atom. The number of aromatic hydroxyl groups is 1. The van der Waals surface area contributed by atoms with E-state index in [4.69, 9.17) is 21.1 Å². The second-order valence-electron chi connectivity index (χ2n) is 4.00. The third kappa shape index (κ3) is 3.22. The van der Waals surface area contributed by atoms with Gasteiger partial charge in [0, 0.05) is 22.9 Å². The largest absolute Gasteiger partial charge is 0.507 e. The molecule has 0 bridgehead atoms. The lowest BCUT2D eigenvalue weighted by Gasteiger charge is -2.06. The normalized spacial score (nSPS) is 10.8. The van der Waals surface area contributed by atoms with Gasteiger partial charge in [-0.2, -0.15) is 0 Å². The number of hydrogen-bond acceptors (Lipinski definition) is 4. The Labute approximate surface area is 122 Å². The molecule has 2 aromatic carbocycles. The highest BCUT2D eigenvalue weighted by molar-refractivity contribution is 6.30. The van der Waals surface area contributed by atoms with Crippen LogP contribution in [0.1, 0.15) is 5.56 Å². The van der Waals surface area contributed by atoms with Crippen molar-refractivity contribution in [2.24, 2.45) is 4.99 Å². The Morgan fingerprint density at radius 3 is 2.60 bits per heavy atom. The predicted molar refractivity (Wildman–Crippen MR) is 79.9 cm³/mol. The number of methoxy groups -OCH3 is 2. The molecule has 0 amide bonds. The van der Waals surface area contributed by atoms with E-state index in [0.29, 0.717) is 27.8 Å². The number of phenolic OH excluding ortho intramolecular Hbond substituents is 1. The van der Waals surface area contributed by atoms with Crippen molar-refractivity contribution < 1.29 is 14.6 Å². The fourth-order valence-electron chi connectivity index (χ4n) is 1.67. The molecule has 104 valence electrons. The fourth-order valence-corrected chi connectivity index (χ4v) is 1.85. The van der Waals surface area contributed by atoms with Crippen LogP contribution in [0.25, 0.3) is 0 Å². The second kappa shape index (κ2) is 6.30. The molecular formula is C15H14ClNO3. The summed E-state index contributed by atoms with van der Waals surface area (Å²) in [7, 11) is 3.15. The van der Waals surface area contributed by atoms with Crippen molar-refractivity contribution >= 4 is 23.5 Å². The van der Waals surface area contributed by atoms with Gasteiger partial charge in [0.15, 0.2) is 0 Å². The van der Waals surface area contributed by atoms with E-state index in [9.17, 15) is 5.11 Å². The van der Waals surface area contributed by atoms with Crippen LogP contribution in [0.15, 0.2) is 41.4 Å². The summed E-state index contributed by atoms with van der Waals surface area (Å²) in [6.07, 6.45) is 1.53. The average Bonchev–Trinajstić information content (AvgIpc) is 2.47. The number of aliphatic imine (C=N–C) groups is 1. The fraction of sp³-hybridized carbons (Fsp3) is 0.133. The lowest BCUT2D eigenvalue weighted by molar-refractivity contribution is 0.404. The van der Waals surface area contributed by atoms with Gasteiger partial charge in [-0.3, -0.25) is 4.99 Å². The van der Waals surface area contributed by atoms with E-state index in [-0.39, 0.29) is 5.75 Å². The van der Waals surface area contributed by atoms with Gasteiger partial charge in [0.25, 0.3) is 0 Å². The molecule has 0 aliphatic carbocycles. The van der Waals surface area contributed by atoms with Gasteiger partial charge in [-0.05, 0) is 30.3 Å². The highest BCUT2D eigenvalue weighted by Gasteiger charge is 2.04. The highest BCUT2D eigenvalue weighted by atomic mass is 35.5. The molecule has 5 heteroatoms. The molecule has 0 saturated heterocycles. The minimum absolute atomic E-state index is 0.111. The van der Waals surface area contributed by atoms with Crippen LogP contribution in [0.4, 0.5) is 5.69 Å². The molecule has 0 fully saturated rings. The van der Waals surface area contributed by atoms with E-state index >= 15 is 0 Å². The first-order chi connectivity index (χ1) is 9.63. The Morgan fingerprint density at radius 2 is 1.90 bits per heavy atom. The zero-order valence-electron chi connectivity index (χ0n) is 11.1. The first-order valence-corrected chi connectivity index (χ1v) is 6.26. The molecule has 4 nitrogen and oxygen atoms in total. The molecule has 0 heterocycles.